The maximum Gasteiger partial charge on any atom is 0.223 e. The molecule has 3 rings (SSSR count). The lowest BCUT2D eigenvalue weighted by Crippen LogP contribution is -2.40. The quantitative estimate of drug-likeness (QED) is 0.791. The first-order valence-electron chi connectivity index (χ1n) is 7.95. The van der Waals surface area contributed by atoms with Crippen molar-refractivity contribution >= 4 is 17.7 Å². The predicted molar refractivity (Wildman–Crippen MR) is 92.1 cm³/mol. The van der Waals surface area contributed by atoms with Crippen LogP contribution in [-0.4, -0.2) is 37.9 Å². The number of nitrogens with zero attached hydrogens (tertiary/aromatic N) is 4. The Balaban J connectivity index is 1.48. The highest BCUT2D eigenvalue weighted by Crippen LogP contribution is 2.22. The molecule has 1 atom stereocenters. The van der Waals surface area contributed by atoms with Crippen LogP contribution in [0.25, 0.3) is 0 Å². The van der Waals surface area contributed by atoms with Gasteiger partial charge in [0.1, 0.15) is 5.82 Å². The van der Waals surface area contributed by atoms with E-state index in [0.29, 0.717) is 13.0 Å². The molecule has 2 aromatic rings. The van der Waals surface area contributed by atoms with E-state index < -0.39 is 0 Å². The second-order valence-corrected chi connectivity index (χ2v) is 7.05. The molecule has 0 spiro atoms. The molecule has 0 fully saturated rings. The van der Waals surface area contributed by atoms with Crippen molar-refractivity contribution in [3.8, 4) is 0 Å². The van der Waals surface area contributed by atoms with Gasteiger partial charge in [-0.2, -0.15) is 11.8 Å². The number of carbonyl (C=O) groups excluding carboxylic acids is 1. The van der Waals surface area contributed by atoms with Gasteiger partial charge in [-0.25, -0.2) is 0 Å². The molecule has 23 heavy (non-hydrogen) atoms. The molecule has 1 aliphatic rings. The molecule has 6 heteroatoms. The lowest BCUT2D eigenvalue weighted by molar-refractivity contribution is -0.132. The Bertz CT molecular complexity index is 670. The number of amides is 1. The summed E-state index contributed by atoms with van der Waals surface area (Å²) in [5.74, 6) is 3.84. The maximum absolute atomic E-state index is 12.4. The average Bonchev–Trinajstić information content (AvgIpc) is 2.94. The van der Waals surface area contributed by atoms with Gasteiger partial charge in [0, 0.05) is 24.5 Å². The minimum absolute atomic E-state index is 0.212. The topological polar surface area (TPSA) is 51.0 Å². The third-order valence-electron chi connectivity index (χ3n) is 4.12. The van der Waals surface area contributed by atoms with Gasteiger partial charge >= 0.3 is 0 Å². The Morgan fingerprint density at radius 3 is 2.87 bits per heavy atom. The van der Waals surface area contributed by atoms with Crippen molar-refractivity contribution in [3.63, 3.8) is 0 Å². The lowest BCUT2D eigenvalue weighted by Gasteiger charge is -2.32. The summed E-state index contributed by atoms with van der Waals surface area (Å²) < 4.78 is 2.13. The van der Waals surface area contributed by atoms with Crippen molar-refractivity contribution in [2.45, 2.75) is 38.6 Å². The summed E-state index contributed by atoms with van der Waals surface area (Å²) in [5, 5.41) is 8.31. The number of hydrogen-bond acceptors (Lipinski definition) is 4. The van der Waals surface area contributed by atoms with Crippen molar-refractivity contribution in [1.29, 1.82) is 0 Å². The Labute approximate surface area is 141 Å². The van der Waals surface area contributed by atoms with E-state index in [1.165, 1.54) is 5.56 Å². The van der Waals surface area contributed by atoms with Gasteiger partial charge in [-0.05, 0) is 19.4 Å². The van der Waals surface area contributed by atoms with E-state index in [1.54, 1.807) is 0 Å². The van der Waals surface area contributed by atoms with Gasteiger partial charge in [0.25, 0.3) is 0 Å². The van der Waals surface area contributed by atoms with E-state index in [-0.39, 0.29) is 11.9 Å². The minimum atomic E-state index is 0.212. The van der Waals surface area contributed by atoms with Gasteiger partial charge < -0.3 is 9.47 Å². The summed E-state index contributed by atoms with van der Waals surface area (Å²) in [6, 6.07) is 10.6. The Hall–Kier alpha value is -1.82. The van der Waals surface area contributed by atoms with E-state index in [0.717, 1.165) is 29.7 Å². The predicted octanol–water partition coefficient (Wildman–Crippen LogP) is 2.81. The van der Waals surface area contributed by atoms with Gasteiger partial charge in [-0.3, -0.25) is 4.79 Å². The van der Waals surface area contributed by atoms with Crippen LogP contribution in [0.4, 0.5) is 0 Å². The Morgan fingerprint density at radius 2 is 2.09 bits per heavy atom. The third-order valence-corrected chi connectivity index (χ3v) is 5.15. The highest BCUT2D eigenvalue weighted by molar-refractivity contribution is 7.98. The average molecular weight is 330 g/mol. The largest absolute Gasteiger partial charge is 0.333 e. The number of fused-ring (bicyclic) bond motifs is 1. The highest BCUT2D eigenvalue weighted by atomic mass is 32.2. The van der Waals surface area contributed by atoms with E-state index in [2.05, 4.69) is 33.8 Å². The molecule has 1 aliphatic heterocycles. The fraction of sp³-hybridized carbons (Fsp3) is 0.471. The van der Waals surface area contributed by atoms with Gasteiger partial charge in [0.05, 0.1) is 12.6 Å². The number of rotatable bonds is 5. The number of carbonyl (C=O) groups is 1. The van der Waals surface area contributed by atoms with Crippen LogP contribution in [0.5, 0.6) is 0 Å². The van der Waals surface area contributed by atoms with Crippen LogP contribution >= 0.6 is 11.8 Å². The van der Waals surface area contributed by atoms with E-state index >= 15 is 0 Å². The van der Waals surface area contributed by atoms with Gasteiger partial charge in [0.2, 0.25) is 5.91 Å². The number of thioether (sulfide) groups is 1. The van der Waals surface area contributed by atoms with Crippen molar-refractivity contribution in [1.82, 2.24) is 19.7 Å². The van der Waals surface area contributed by atoms with Crippen LogP contribution in [0, 0.1) is 6.92 Å². The monoisotopic (exact) mass is 330 g/mol. The molecule has 0 N–H and O–H groups in total. The van der Waals surface area contributed by atoms with E-state index in [4.69, 9.17) is 0 Å². The standard InChI is InChI=1S/C17H22N4OS/c1-13-10-20(11-16-19-18-14(2)21(13)16)17(22)8-9-23-12-15-6-4-3-5-7-15/h3-7,13H,8-12H2,1-2H3. The van der Waals surface area contributed by atoms with Gasteiger partial charge in [-0.15, -0.1) is 10.2 Å². The zero-order valence-electron chi connectivity index (χ0n) is 13.6. The van der Waals surface area contributed by atoms with Gasteiger partial charge in [0.15, 0.2) is 5.82 Å². The molecule has 0 bridgehead atoms. The second-order valence-electron chi connectivity index (χ2n) is 5.94. The molecule has 1 aromatic carbocycles. The zero-order chi connectivity index (χ0) is 16.2. The lowest BCUT2D eigenvalue weighted by atomic mass is 10.2. The molecule has 122 valence electrons. The van der Waals surface area contributed by atoms with Crippen LogP contribution in [0.15, 0.2) is 30.3 Å². The summed E-state index contributed by atoms with van der Waals surface area (Å²) in [7, 11) is 0. The molecular weight excluding hydrogens is 308 g/mol. The fourth-order valence-electron chi connectivity index (χ4n) is 3.00. The van der Waals surface area contributed by atoms with Crippen LogP contribution in [0.1, 0.15) is 36.6 Å². The van der Waals surface area contributed by atoms with Crippen molar-refractivity contribution < 1.29 is 4.79 Å². The minimum Gasteiger partial charge on any atom is -0.333 e. The first-order valence-corrected chi connectivity index (χ1v) is 9.10. The first-order chi connectivity index (χ1) is 11.1. The molecule has 5 nitrogen and oxygen atoms in total. The normalized spacial score (nSPS) is 17.1. The third kappa shape index (κ3) is 3.75. The zero-order valence-corrected chi connectivity index (χ0v) is 14.4. The smallest absolute Gasteiger partial charge is 0.223 e. The molecular formula is C17H22N4OS. The second kappa shape index (κ2) is 7.17. The summed E-state index contributed by atoms with van der Waals surface area (Å²) in [4.78, 5) is 14.3. The van der Waals surface area contributed by atoms with E-state index in [9.17, 15) is 4.79 Å². The molecule has 0 saturated heterocycles. The Kier molecular flexibility index (Phi) is 5.00. The van der Waals surface area contributed by atoms with Crippen molar-refractivity contribution in [3.05, 3.63) is 47.5 Å². The maximum atomic E-state index is 12.4. The summed E-state index contributed by atoms with van der Waals surface area (Å²) in [6.07, 6.45) is 0.581. The number of aryl methyl sites for hydroxylation is 1. The molecule has 1 unspecified atom stereocenters. The molecule has 0 radical (unpaired) electrons. The van der Waals surface area contributed by atoms with Crippen LogP contribution in [0.3, 0.4) is 0 Å². The van der Waals surface area contributed by atoms with Crippen molar-refractivity contribution in [2.24, 2.45) is 0 Å². The molecule has 0 aliphatic carbocycles. The summed E-state index contributed by atoms with van der Waals surface area (Å²) in [6.45, 7) is 5.40. The number of benzene rings is 1. The SMILES string of the molecule is Cc1nnc2n1C(C)CN(C(=O)CCSCc1ccccc1)C2. The highest BCUT2D eigenvalue weighted by Gasteiger charge is 2.27. The summed E-state index contributed by atoms with van der Waals surface area (Å²) in [5.41, 5.74) is 1.31. The number of aromatic nitrogens is 3. The molecule has 2 heterocycles. The van der Waals surface area contributed by atoms with Crippen LogP contribution in [0.2, 0.25) is 0 Å². The van der Waals surface area contributed by atoms with E-state index in [1.807, 2.05) is 41.8 Å². The van der Waals surface area contributed by atoms with Crippen LogP contribution < -0.4 is 0 Å². The molecule has 0 saturated carbocycles. The van der Waals surface area contributed by atoms with Gasteiger partial charge in [-0.1, -0.05) is 30.3 Å². The number of hydrogen-bond donors (Lipinski definition) is 0. The Morgan fingerprint density at radius 1 is 1.30 bits per heavy atom. The summed E-state index contributed by atoms with van der Waals surface area (Å²) >= 11 is 1.81. The fourth-order valence-corrected chi connectivity index (χ4v) is 3.89. The van der Waals surface area contributed by atoms with Crippen LogP contribution in [-0.2, 0) is 17.1 Å². The molecule has 1 aromatic heterocycles. The molecule has 1 amide bonds. The van der Waals surface area contributed by atoms with Crippen molar-refractivity contribution in [2.75, 3.05) is 12.3 Å². The first kappa shape index (κ1) is 16.1.